The normalized spacial score (nSPS) is 10.2. The van der Waals surface area contributed by atoms with Gasteiger partial charge in [-0.15, -0.1) is 0 Å². The van der Waals surface area contributed by atoms with Gasteiger partial charge < -0.3 is 9.84 Å². The van der Waals surface area contributed by atoms with E-state index in [9.17, 15) is 4.79 Å². The van der Waals surface area contributed by atoms with Crippen molar-refractivity contribution in [2.45, 2.75) is 13.5 Å². The fraction of sp³-hybridized carbons (Fsp3) is 0.167. The van der Waals surface area contributed by atoms with E-state index in [1.165, 1.54) is 0 Å². The Bertz CT molecular complexity index is 537. The van der Waals surface area contributed by atoms with Crippen molar-refractivity contribution in [3.63, 3.8) is 0 Å². The topological polar surface area (TPSA) is 55.1 Å². The summed E-state index contributed by atoms with van der Waals surface area (Å²) in [5.74, 6) is 0.328. The Hall–Kier alpha value is -1.81. The average molecular weight is 251 g/mol. The molecule has 17 heavy (non-hydrogen) atoms. The van der Waals surface area contributed by atoms with E-state index in [4.69, 9.17) is 16.1 Å². The molecule has 0 aliphatic carbocycles. The molecule has 0 aliphatic rings. The number of carbonyl (C=O) groups excluding carboxylic acids is 1. The number of carbonyl (C=O) groups is 1. The maximum atomic E-state index is 11.7. The predicted molar refractivity (Wildman–Crippen MR) is 63.9 cm³/mol. The first-order valence-corrected chi connectivity index (χ1v) is 5.49. The quantitative estimate of drug-likeness (QED) is 0.911. The van der Waals surface area contributed by atoms with Crippen molar-refractivity contribution >= 4 is 17.5 Å². The minimum Gasteiger partial charge on any atom is -0.361 e. The van der Waals surface area contributed by atoms with Crippen LogP contribution >= 0.6 is 11.6 Å². The Balaban J connectivity index is 1.99. The van der Waals surface area contributed by atoms with Crippen LogP contribution in [-0.4, -0.2) is 11.1 Å². The van der Waals surface area contributed by atoms with Crippen molar-refractivity contribution in [2.24, 2.45) is 0 Å². The molecule has 0 atom stereocenters. The van der Waals surface area contributed by atoms with E-state index >= 15 is 0 Å². The maximum Gasteiger partial charge on any atom is 0.273 e. The van der Waals surface area contributed by atoms with Crippen LogP contribution in [0.15, 0.2) is 34.9 Å². The van der Waals surface area contributed by atoms with Crippen LogP contribution in [0.5, 0.6) is 0 Å². The lowest BCUT2D eigenvalue weighted by Gasteiger charge is -2.04. The first-order valence-electron chi connectivity index (χ1n) is 5.12. The highest BCUT2D eigenvalue weighted by Crippen LogP contribution is 2.14. The van der Waals surface area contributed by atoms with E-state index in [0.29, 0.717) is 17.3 Å². The van der Waals surface area contributed by atoms with Gasteiger partial charge in [-0.3, -0.25) is 4.79 Å². The van der Waals surface area contributed by atoms with Gasteiger partial charge in [0.25, 0.3) is 5.91 Å². The van der Waals surface area contributed by atoms with Crippen molar-refractivity contribution in [1.82, 2.24) is 10.5 Å². The summed E-state index contributed by atoms with van der Waals surface area (Å²) >= 11 is 5.97. The SMILES string of the molecule is Cc1cc(C(=O)NCc2ccccc2Cl)no1. The largest absolute Gasteiger partial charge is 0.361 e. The molecule has 0 aliphatic heterocycles. The van der Waals surface area contributed by atoms with Crippen LogP contribution in [-0.2, 0) is 6.54 Å². The predicted octanol–water partition coefficient (Wildman–Crippen LogP) is 2.57. The van der Waals surface area contributed by atoms with Gasteiger partial charge in [-0.05, 0) is 18.6 Å². The summed E-state index contributed by atoms with van der Waals surface area (Å²) in [4.78, 5) is 11.7. The van der Waals surface area contributed by atoms with Gasteiger partial charge in [0, 0.05) is 17.6 Å². The lowest BCUT2D eigenvalue weighted by atomic mass is 10.2. The average Bonchev–Trinajstić information content (AvgIpc) is 2.74. The van der Waals surface area contributed by atoms with Crippen molar-refractivity contribution in [2.75, 3.05) is 0 Å². The zero-order valence-electron chi connectivity index (χ0n) is 9.24. The highest BCUT2D eigenvalue weighted by molar-refractivity contribution is 6.31. The summed E-state index contributed by atoms with van der Waals surface area (Å²) in [7, 11) is 0. The molecule has 1 amide bonds. The van der Waals surface area contributed by atoms with E-state index in [1.54, 1.807) is 19.1 Å². The molecular weight excluding hydrogens is 240 g/mol. The number of hydrogen-bond acceptors (Lipinski definition) is 3. The molecule has 0 saturated heterocycles. The summed E-state index contributed by atoms with van der Waals surface area (Å²) in [6.45, 7) is 2.10. The molecule has 0 spiro atoms. The Kier molecular flexibility index (Phi) is 3.44. The molecule has 88 valence electrons. The number of nitrogens with one attached hydrogen (secondary N) is 1. The molecule has 0 saturated carbocycles. The van der Waals surface area contributed by atoms with Gasteiger partial charge in [0.05, 0.1) is 0 Å². The zero-order valence-corrected chi connectivity index (χ0v) is 9.99. The van der Waals surface area contributed by atoms with Crippen LogP contribution in [0.25, 0.3) is 0 Å². The molecule has 2 rings (SSSR count). The third kappa shape index (κ3) is 2.85. The molecule has 1 heterocycles. The number of benzene rings is 1. The lowest BCUT2D eigenvalue weighted by molar-refractivity contribution is 0.0942. The van der Waals surface area contributed by atoms with Gasteiger partial charge in [0.1, 0.15) is 5.76 Å². The number of amides is 1. The summed E-state index contributed by atoms with van der Waals surface area (Å²) in [5, 5.41) is 6.98. The number of halogens is 1. The number of aryl methyl sites for hydroxylation is 1. The van der Waals surface area contributed by atoms with Crippen molar-refractivity contribution in [3.8, 4) is 0 Å². The molecule has 1 aromatic heterocycles. The third-order valence-electron chi connectivity index (χ3n) is 2.26. The molecule has 1 aromatic carbocycles. The van der Waals surface area contributed by atoms with E-state index in [0.717, 1.165) is 5.56 Å². The number of aromatic nitrogens is 1. The minimum atomic E-state index is -0.276. The van der Waals surface area contributed by atoms with Gasteiger partial charge in [-0.2, -0.15) is 0 Å². The molecule has 0 fully saturated rings. The van der Waals surface area contributed by atoms with Crippen LogP contribution in [0.3, 0.4) is 0 Å². The van der Waals surface area contributed by atoms with Gasteiger partial charge >= 0.3 is 0 Å². The molecule has 2 aromatic rings. The highest BCUT2D eigenvalue weighted by atomic mass is 35.5. The second-order valence-corrected chi connectivity index (χ2v) is 4.00. The minimum absolute atomic E-state index is 0.273. The first kappa shape index (κ1) is 11.7. The maximum absolute atomic E-state index is 11.7. The van der Waals surface area contributed by atoms with E-state index in [-0.39, 0.29) is 11.6 Å². The van der Waals surface area contributed by atoms with E-state index < -0.39 is 0 Å². The van der Waals surface area contributed by atoms with Crippen molar-refractivity contribution in [3.05, 3.63) is 52.4 Å². The zero-order chi connectivity index (χ0) is 12.3. The fourth-order valence-electron chi connectivity index (χ4n) is 1.38. The van der Waals surface area contributed by atoms with Gasteiger partial charge in [0.15, 0.2) is 5.69 Å². The third-order valence-corrected chi connectivity index (χ3v) is 2.63. The van der Waals surface area contributed by atoms with Crippen molar-refractivity contribution < 1.29 is 9.32 Å². The van der Waals surface area contributed by atoms with Gasteiger partial charge in [-0.25, -0.2) is 0 Å². The standard InChI is InChI=1S/C12H11ClN2O2/c1-8-6-11(15-17-8)12(16)14-7-9-4-2-3-5-10(9)13/h2-6H,7H2,1H3,(H,14,16). The summed E-state index contributed by atoms with van der Waals surface area (Å²) in [5.41, 5.74) is 1.14. The van der Waals surface area contributed by atoms with Gasteiger partial charge in [-0.1, -0.05) is 35.0 Å². The molecular formula is C12H11ClN2O2. The van der Waals surface area contributed by atoms with E-state index in [2.05, 4.69) is 10.5 Å². The highest BCUT2D eigenvalue weighted by Gasteiger charge is 2.10. The Morgan fingerprint density at radius 3 is 2.88 bits per heavy atom. The molecule has 0 unspecified atom stereocenters. The number of nitrogens with zero attached hydrogens (tertiary/aromatic N) is 1. The smallest absolute Gasteiger partial charge is 0.273 e. The monoisotopic (exact) mass is 250 g/mol. The van der Waals surface area contributed by atoms with Gasteiger partial charge in [0.2, 0.25) is 0 Å². The number of rotatable bonds is 3. The lowest BCUT2D eigenvalue weighted by Crippen LogP contribution is -2.23. The van der Waals surface area contributed by atoms with Crippen LogP contribution in [0.1, 0.15) is 21.8 Å². The molecule has 0 radical (unpaired) electrons. The van der Waals surface area contributed by atoms with Crippen LogP contribution < -0.4 is 5.32 Å². The van der Waals surface area contributed by atoms with E-state index in [1.807, 2.05) is 18.2 Å². The summed E-state index contributed by atoms with van der Waals surface area (Å²) in [6.07, 6.45) is 0. The Morgan fingerprint density at radius 1 is 1.47 bits per heavy atom. The summed E-state index contributed by atoms with van der Waals surface area (Å²) < 4.78 is 4.82. The summed E-state index contributed by atoms with van der Waals surface area (Å²) in [6, 6.07) is 8.93. The molecule has 0 bridgehead atoms. The van der Waals surface area contributed by atoms with Crippen LogP contribution in [0.4, 0.5) is 0 Å². The van der Waals surface area contributed by atoms with Crippen LogP contribution in [0.2, 0.25) is 5.02 Å². The second kappa shape index (κ2) is 5.01. The first-order chi connectivity index (χ1) is 8.16. The Morgan fingerprint density at radius 2 is 2.24 bits per heavy atom. The molecule has 4 nitrogen and oxygen atoms in total. The second-order valence-electron chi connectivity index (χ2n) is 3.60. The molecule has 1 N–H and O–H groups in total. The van der Waals surface area contributed by atoms with Crippen molar-refractivity contribution in [1.29, 1.82) is 0 Å². The van der Waals surface area contributed by atoms with Crippen LogP contribution in [0, 0.1) is 6.92 Å². The number of hydrogen-bond donors (Lipinski definition) is 1. The Labute approximate surface area is 104 Å². The molecule has 5 heteroatoms. The fourth-order valence-corrected chi connectivity index (χ4v) is 1.58.